The standard InChI is InChI=1S/C17H21ClO3/c1-17(2,3)21-16(20)12-7-8-14(15(18)10-12)11-5-4-6-13(19)9-11/h7-8,10-11H,4-6,9H2,1-3H3. The van der Waals surface area contributed by atoms with Gasteiger partial charge in [0.15, 0.2) is 0 Å². The fourth-order valence-corrected chi connectivity index (χ4v) is 2.95. The fraction of sp³-hybridized carbons (Fsp3) is 0.529. The highest BCUT2D eigenvalue weighted by molar-refractivity contribution is 6.31. The van der Waals surface area contributed by atoms with Gasteiger partial charge in [0, 0.05) is 17.9 Å². The fourth-order valence-electron chi connectivity index (χ4n) is 2.61. The third-order valence-corrected chi connectivity index (χ3v) is 3.88. The zero-order chi connectivity index (χ0) is 15.6. The molecule has 0 heterocycles. The number of hydrogen-bond acceptors (Lipinski definition) is 3. The monoisotopic (exact) mass is 308 g/mol. The average molecular weight is 309 g/mol. The molecule has 21 heavy (non-hydrogen) atoms. The predicted octanol–water partition coefficient (Wildman–Crippen LogP) is 4.52. The molecule has 1 aliphatic carbocycles. The van der Waals surface area contributed by atoms with Crippen molar-refractivity contribution in [1.29, 1.82) is 0 Å². The molecule has 3 nitrogen and oxygen atoms in total. The van der Waals surface area contributed by atoms with Gasteiger partial charge in [-0.15, -0.1) is 0 Å². The second-order valence-corrected chi connectivity index (χ2v) is 6.98. The van der Waals surface area contributed by atoms with Crippen LogP contribution in [0.5, 0.6) is 0 Å². The van der Waals surface area contributed by atoms with E-state index in [0.717, 1.165) is 18.4 Å². The van der Waals surface area contributed by atoms with E-state index in [1.54, 1.807) is 12.1 Å². The minimum Gasteiger partial charge on any atom is -0.456 e. The zero-order valence-corrected chi connectivity index (χ0v) is 13.5. The molecule has 114 valence electrons. The summed E-state index contributed by atoms with van der Waals surface area (Å²) in [6.45, 7) is 5.48. The second kappa shape index (κ2) is 6.18. The molecule has 0 N–H and O–H groups in total. The number of hydrogen-bond donors (Lipinski definition) is 0. The highest BCUT2D eigenvalue weighted by atomic mass is 35.5. The van der Waals surface area contributed by atoms with Crippen molar-refractivity contribution in [2.45, 2.75) is 58.0 Å². The maximum atomic E-state index is 12.0. The summed E-state index contributed by atoms with van der Waals surface area (Å²) in [7, 11) is 0. The van der Waals surface area contributed by atoms with Gasteiger partial charge in [-0.25, -0.2) is 4.79 Å². The molecule has 0 aromatic heterocycles. The van der Waals surface area contributed by atoms with Crippen LogP contribution in [0.25, 0.3) is 0 Å². The summed E-state index contributed by atoms with van der Waals surface area (Å²) in [6.07, 6.45) is 3.10. The van der Waals surface area contributed by atoms with Crippen LogP contribution >= 0.6 is 11.6 Å². The van der Waals surface area contributed by atoms with E-state index in [4.69, 9.17) is 16.3 Å². The molecule has 0 amide bonds. The Bertz CT molecular complexity index is 558. The topological polar surface area (TPSA) is 43.4 Å². The largest absolute Gasteiger partial charge is 0.456 e. The molecule has 0 spiro atoms. The molecular formula is C17H21ClO3. The van der Waals surface area contributed by atoms with E-state index < -0.39 is 5.60 Å². The number of ketones is 1. The molecule has 0 aliphatic heterocycles. The maximum Gasteiger partial charge on any atom is 0.338 e. The van der Waals surface area contributed by atoms with Crippen molar-refractivity contribution >= 4 is 23.4 Å². The zero-order valence-electron chi connectivity index (χ0n) is 12.7. The summed E-state index contributed by atoms with van der Waals surface area (Å²) in [5.74, 6) is 0.0839. The molecule has 1 aliphatic rings. The minimum absolute atomic E-state index is 0.173. The van der Waals surface area contributed by atoms with Gasteiger partial charge >= 0.3 is 5.97 Å². The minimum atomic E-state index is -0.530. The molecular weight excluding hydrogens is 288 g/mol. The normalized spacial score (nSPS) is 19.4. The first-order valence-corrected chi connectivity index (χ1v) is 7.68. The van der Waals surface area contributed by atoms with E-state index in [2.05, 4.69) is 0 Å². The van der Waals surface area contributed by atoms with E-state index in [1.807, 2.05) is 26.8 Å². The lowest BCUT2D eigenvalue weighted by Crippen LogP contribution is -2.24. The molecule has 1 unspecified atom stereocenters. The highest BCUT2D eigenvalue weighted by Crippen LogP contribution is 2.35. The van der Waals surface area contributed by atoms with Gasteiger partial charge in [0.25, 0.3) is 0 Å². The third-order valence-electron chi connectivity index (χ3n) is 3.56. The molecule has 1 saturated carbocycles. The molecule has 0 saturated heterocycles. The predicted molar refractivity (Wildman–Crippen MR) is 82.8 cm³/mol. The SMILES string of the molecule is CC(C)(C)OC(=O)c1ccc(C2CCCC(=O)C2)c(Cl)c1. The summed E-state index contributed by atoms with van der Waals surface area (Å²) in [6, 6.07) is 5.23. The number of halogens is 1. The number of Topliss-reactive ketones (excluding diaryl/α,β-unsaturated/α-hetero) is 1. The Morgan fingerprint density at radius 1 is 1.33 bits per heavy atom. The van der Waals surface area contributed by atoms with Crippen LogP contribution in [0, 0.1) is 0 Å². The van der Waals surface area contributed by atoms with E-state index in [9.17, 15) is 9.59 Å². The van der Waals surface area contributed by atoms with Gasteiger partial charge in [-0.2, -0.15) is 0 Å². The van der Waals surface area contributed by atoms with Crippen molar-refractivity contribution in [2.75, 3.05) is 0 Å². The summed E-state index contributed by atoms with van der Waals surface area (Å²) in [4.78, 5) is 23.6. The lowest BCUT2D eigenvalue weighted by atomic mass is 9.83. The van der Waals surface area contributed by atoms with Crippen molar-refractivity contribution < 1.29 is 14.3 Å². The third kappa shape index (κ3) is 4.31. The summed E-state index contributed by atoms with van der Waals surface area (Å²) < 4.78 is 5.33. The number of esters is 1. The summed E-state index contributed by atoms with van der Waals surface area (Å²) in [5, 5.41) is 0.540. The highest BCUT2D eigenvalue weighted by Gasteiger charge is 2.24. The van der Waals surface area contributed by atoms with E-state index in [1.165, 1.54) is 0 Å². The van der Waals surface area contributed by atoms with Crippen LogP contribution in [-0.2, 0) is 9.53 Å². The van der Waals surface area contributed by atoms with Gasteiger partial charge in [-0.1, -0.05) is 17.7 Å². The second-order valence-electron chi connectivity index (χ2n) is 6.57. The molecule has 2 rings (SSSR count). The Labute approximate surface area is 130 Å². The van der Waals surface area contributed by atoms with Crippen molar-refractivity contribution in [1.82, 2.24) is 0 Å². The van der Waals surface area contributed by atoms with Gasteiger partial charge in [-0.05, 0) is 57.2 Å². The van der Waals surface area contributed by atoms with E-state index in [-0.39, 0.29) is 11.9 Å². The molecule has 0 radical (unpaired) electrons. The Kier molecular flexibility index (Phi) is 4.72. The van der Waals surface area contributed by atoms with Crippen LogP contribution in [0.3, 0.4) is 0 Å². The van der Waals surface area contributed by atoms with Crippen LogP contribution in [-0.4, -0.2) is 17.4 Å². The Balaban J connectivity index is 2.17. The number of ether oxygens (including phenoxy) is 1. The molecule has 1 aromatic rings. The van der Waals surface area contributed by atoms with Crippen molar-refractivity contribution in [3.05, 3.63) is 34.3 Å². The van der Waals surface area contributed by atoms with Gasteiger partial charge in [0.1, 0.15) is 11.4 Å². The molecule has 4 heteroatoms. The summed E-state index contributed by atoms with van der Waals surface area (Å²) >= 11 is 6.31. The average Bonchev–Trinajstić information content (AvgIpc) is 2.36. The van der Waals surface area contributed by atoms with Gasteiger partial charge in [0.05, 0.1) is 5.56 Å². The quantitative estimate of drug-likeness (QED) is 0.754. The van der Waals surface area contributed by atoms with Crippen LogP contribution in [0.4, 0.5) is 0 Å². The summed E-state index contributed by atoms with van der Waals surface area (Å²) in [5.41, 5.74) is 0.871. The Morgan fingerprint density at radius 2 is 2.05 bits per heavy atom. The van der Waals surface area contributed by atoms with Gasteiger partial charge in [0.2, 0.25) is 0 Å². The van der Waals surface area contributed by atoms with Crippen molar-refractivity contribution in [3.8, 4) is 0 Å². The Hall–Kier alpha value is -1.35. The molecule has 1 atom stereocenters. The lowest BCUT2D eigenvalue weighted by molar-refractivity contribution is -0.120. The van der Waals surface area contributed by atoms with Crippen molar-refractivity contribution in [2.24, 2.45) is 0 Å². The van der Waals surface area contributed by atoms with Crippen LogP contribution in [0.2, 0.25) is 5.02 Å². The first-order chi connectivity index (χ1) is 9.76. The Morgan fingerprint density at radius 3 is 2.62 bits per heavy atom. The van der Waals surface area contributed by atoms with E-state index >= 15 is 0 Å². The number of benzene rings is 1. The first-order valence-electron chi connectivity index (χ1n) is 7.31. The van der Waals surface area contributed by atoms with Crippen LogP contribution in [0.1, 0.15) is 68.3 Å². The first kappa shape index (κ1) is 16.0. The van der Waals surface area contributed by atoms with Crippen molar-refractivity contribution in [3.63, 3.8) is 0 Å². The number of carbonyl (C=O) groups excluding carboxylic acids is 2. The lowest BCUT2D eigenvalue weighted by Gasteiger charge is -2.23. The number of rotatable bonds is 2. The molecule has 1 fully saturated rings. The smallest absolute Gasteiger partial charge is 0.338 e. The number of carbonyl (C=O) groups is 2. The van der Waals surface area contributed by atoms with Crippen LogP contribution < -0.4 is 0 Å². The van der Waals surface area contributed by atoms with Gasteiger partial charge < -0.3 is 4.74 Å². The molecule has 1 aromatic carbocycles. The maximum absolute atomic E-state index is 12.0. The van der Waals surface area contributed by atoms with E-state index in [0.29, 0.717) is 29.2 Å². The molecule has 0 bridgehead atoms. The van der Waals surface area contributed by atoms with Crippen LogP contribution in [0.15, 0.2) is 18.2 Å². The van der Waals surface area contributed by atoms with Gasteiger partial charge in [-0.3, -0.25) is 4.79 Å².